The summed E-state index contributed by atoms with van der Waals surface area (Å²) in [6.07, 6.45) is 1.78. The number of hydrogen-bond acceptors (Lipinski definition) is 3. The van der Waals surface area contributed by atoms with Gasteiger partial charge in [-0.1, -0.05) is 0 Å². The molecule has 0 radical (unpaired) electrons. The number of fused-ring (bicyclic) bond motifs is 1. The second kappa shape index (κ2) is 2.84. The zero-order valence-corrected chi connectivity index (χ0v) is 7.56. The number of aliphatic hydroxyl groups is 1. The maximum atomic E-state index is 9.00. The Labute approximate surface area is 74.5 Å². The van der Waals surface area contributed by atoms with Crippen LogP contribution in [-0.2, 0) is 6.61 Å². The molecule has 0 bridgehead atoms. The molecular formula is C9H9NOS. The fraction of sp³-hybridized carbons (Fsp3) is 0.222. The molecule has 0 saturated heterocycles. The van der Waals surface area contributed by atoms with E-state index >= 15 is 0 Å². The zero-order valence-electron chi connectivity index (χ0n) is 6.74. The summed E-state index contributed by atoms with van der Waals surface area (Å²) in [5.41, 5.74) is 2.13. The van der Waals surface area contributed by atoms with Crippen molar-refractivity contribution in [1.82, 2.24) is 4.98 Å². The van der Waals surface area contributed by atoms with Crippen molar-refractivity contribution in [3.63, 3.8) is 0 Å². The highest BCUT2D eigenvalue weighted by molar-refractivity contribution is 7.19. The standard InChI is InChI=1S/C9H9NOS/c1-6-8(5-11)12-7-3-2-4-10-9(6)7/h2-4,11H,5H2,1H3. The van der Waals surface area contributed by atoms with E-state index in [1.807, 2.05) is 19.1 Å². The molecule has 0 amide bonds. The summed E-state index contributed by atoms with van der Waals surface area (Å²) in [5, 5.41) is 9.00. The molecule has 0 unspecified atom stereocenters. The van der Waals surface area contributed by atoms with Gasteiger partial charge in [0.2, 0.25) is 0 Å². The monoisotopic (exact) mass is 179 g/mol. The average molecular weight is 179 g/mol. The minimum atomic E-state index is 0.118. The van der Waals surface area contributed by atoms with Crippen LogP contribution >= 0.6 is 11.3 Å². The Hall–Kier alpha value is -0.930. The summed E-state index contributed by atoms with van der Waals surface area (Å²) in [5.74, 6) is 0. The highest BCUT2D eigenvalue weighted by atomic mass is 32.1. The van der Waals surface area contributed by atoms with Gasteiger partial charge in [0.15, 0.2) is 0 Å². The molecule has 2 aromatic rings. The smallest absolute Gasteiger partial charge is 0.0842 e. The van der Waals surface area contributed by atoms with Crippen molar-refractivity contribution in [2.45, 2.75) is 13.5 Å². The molecule has 62 valence electrons. The number of pyridine rings is 1. The van der Waals surface area contributed by atoms with E-state index in [2.05, 4.69) is 4.98 Å². The Morgan fingerprint density at radius 3 is 3.08 bits per heavy atom. The summed E-state index contributed by atoms with van der Waals surface area (Å²) in [7, 11) is 0. The van der Waals surface area contributed by atoms with Gasteiger partial charge in [-0.15, -0.1) is 11.3 Å². The molecule has 0 fully saturated rings. The van der Waals surface area contributed by atoms with Crippen LogP contribution in [-0.4, -0.2) is 10.1 Å². The zero-order chi connectivity index (χ0) is 8.55. The molecule has 2 rings (SSSR count). The lowest BCUT2D eigenvalue weighted by atomic mass is 10.2. The summed E-state index contributed by atoms with van der Waals surface area (Å²) in [6.45, 7) is 2.12. The van der Waals surface area contributed by atoms with Crippen molar-refractivity contribution in [3.05, 3.63) is 28.8 Å². The molecule has 0 aliphatic heterocycles. The van der Waals surface area contributed by atoms with Gasteiger partial charge < -0.3 is 5.11 Å². The SMILES string of the molecule is Cc1c(CO)sc2cccnc12. The third kappa shape index (κ3) is 1.02. The first-order valence-electron chi connectivity index (χ1n) is 3.77. The summed E-state index contributed by atoms with van der Waals surface area (Å²) in [4.78, 5) is 5.27. The fourth-order valence-electron chi connectivity index (χ4n) is 1.25. The largest absolute Gasteiger partial charge is 0.391 e. The number of thiophene rings is 1. The molecule has 2 aromatic heterocycles. The van der Waals surface area contributed by atoms with Crippen LogP contribution in [0.4, 0.5) is 0 Å². The first-order valence-corrected chi connectivity index (χ1v) is 4.58. The highest BCUT2D eigenvalue weighted by Gasteiger charge is 2.06. The van der Waals surface area contributed by atoms with Gasteiger partial charge in [0.05, 0.1) is 16.8 Å². The number of rotatable bonds is 1. The lowest BCUT2D eigenvalue weighted by Gasteiger charge is -1.90. The predicted molar refractivity (Wildman–Crippen MR) is 50.3 cm³/mol. The van der Waals surface area contributed by atoms with Crippen LogP contribution in [0, 0.1) is 6.92 Å². The molecule has 0 aromatic carbocycles. The van der Waals surface area contributed by atoms with Crippen LogP contribution < -0.4 is 0 Å². The van der Waals surface area contributed by atoms with Crippen molar-refractivity contribution < 1.29 is 5.11 Å². The van der Waals surface area contributed by atoms with Gasteiger partial charge in [0, 0.05) is 11.1 Å². The first kappa shape index (κ1) is 7.71. The first-order chi connectivity index (χ1) is 5.83. The van der Waals surface area contributed by atoms with E-state index < -0.39 is 0 Å². The highest BCUT2D eigenvalue weighted by Crippen LogP contribution is 2.28. The van der Waals surface area contributed by atoms with E-state index in [0.29, 0.717) is 0 Å². The van der Waals surface area contributed by atoms with Gasteiger partial charge in [0.25, 0.3) is 0 Å². The Morgan fingerprint density at radius 1 is 1.58 bits per heavy atom. The third-order valence-electron chi connectivity index (χ3n) is 1.92. The summed E-state index contributed by atoms with van der Waals surface area (Å²) >= 11 is 1.61. The number of aryl methyl sites for hydroxylation is 1. The number of aliphatic hydroxyl groups excluding tert-OH is 1. The van der Waals surface area contributed by atoms with Crippen molar-refractivity contribution in [2.24, 2.45) is 0 Å². The second-order valence-electron chi connectivity index (χ2n) is 2.66. The van der Waals surface area contributed by atoms with Crippen LogP contribution in [0.25, 0.3) is 10.2 Å². The van der Waals surface area contributed by atoms with E-state index in [0.717, 1.165) is 20.7 Å². The Kier molecular flexibility index (Phi) is 1.83. The van der Waals surface area contributed by atoms with Crippen molar-refractivity contribution in [3.8, 4) is 0 Å². The third-order valence-corrected chi connectivity index (χ3v) is 3.15. The molecule has 0 aliphatic rings. The minimum absolute atomic E-state index is 0.118. The van der Waals surface area contributed by atoms with Crippen LogP contribution in [0.1, 0.15) is 10.4 Å². The second-order valence-corrected chi connectivity index (χ2v) is 3.80. The fourth-order valence-corrected chi connectivity index (χ4v) is 2.28. The lowest BCUT2D eigenvalue weighted by molar-refractivity contribution is 0.285. The topological polar surface area (TPSA) is 33.1 Å². The van der Waals surface area contributed by atoms with Gasteiger partial charge in [-0.2, -0.15) is 0 Å². The molecule has 3 heteroatoms. The lowest BCUT2D eigenvalue weighted by Crippen LogP contribution is -1.80. The Bertz CT molecular complexity index is 408. The molecule has 0 spiro atoms. The normalized spacial score (nSPS) is 10.8. The molecule has 1 N–H and O–H groups in total. The van der Waals surface area contributed by atoms with E-state index in [4.69, 9.17) is 5.11 Å². The molecular weight excluding hydrogens is 170 g/mol. The van der Waals surface area contributed by atoms with E-state index in [-0.39, 0.29) is 6.61 Å². The van der Waals surface area contributed by atoms with Crippen LogP contribution in [0.5, 0.6) is 0 Å². The van der Waals surface area contributed by atoms with Crippen LogP contribution in [0.15, 0.2) is 18.3 Å². The van der Waals surface area contributed by atoms with Crippen LogP contribution in [0.3, 0.4) is 0 Å². The van der Waals surface area contributed by atoms with Crippen molar-refractivity contribution in [1.29, 1.82) is 0 Å². The summed E-state index contributed by atoms with van der Waals surface area (Å²) in [6, 6.07) is 3.94. The van der Waals surface area contributed by atoms with Gasteiger partial charge in [0.1, 0.15) is 0 Å². The molecule has 0 atom stereocenters. The van der Waals surface area contributed by atoms with Gasteiger partial charge in [-0.3, -0.25) is 4.98 Å². The van der Waals surface area contributed by atoms with Crippen LogP contribution in [0.2, 0.25) is 0 Å². The van der Waals surface area contributed by atoms with Gasteiger partial charge in [-0.25, -0.2) is 0 Å². The van der Waals surface area contributed by atoms with E-state index in [1.54, 1.807) is 17.5 Å². The van der Waals surface area contributed by atoms with Crippen molar-refractivity contribution in [2.75, 3.05) is 0 Å². The maximum absolute atomic E-state index is 9.00. The predicted octanol–water partition coefficient (Wildman–Crippen LogP) is 2.10. The Morgan fingerprint density at radius 2 is 2.42 bits per heavy atom. The number of hydrogen-bond donors (Lipinski definition) is 1. The minimum Gasteiger partial charge on any atom is -0.391 e. The molecule has 12 heavy (non-hydrogen) atoms. The molecule has 2 heterocycles. The molecule has 2 nitrogen and oxygen atoms in total. The average Bonchev–Trinajstić information content (AvgIpc) is 2.44. The van der Waals surface area contributed by atoms with E-state index in [1.165, 1.54) is 0 Å². The van der Waals surface area contributed by atoms with Crippen molar-refractivity contribution >= 4 is 21.6 Å². The maximum Gasteiger partial charge on any atom is 0.0842 e. The molecule has 0 saturated carbocycles. The van der Waals surface area contributed by atoms with E-state index in [9.17, 15) is 0 Å². The quantitative estimate of drug-likeness (QED) is 0.727. The Balaban J connectivity index is 2.78. The van der Waals surface area contributed by atoms with Gasteiger partial charge in [-0.05, 0) is 24.6 Å². The van der Waals surface area contributed by atoms with Gasteiger partial charge >= 0.3 is 0 Å². The number of nitrogens with zero attached hydrogens (tertiary/aromatic N) is 1. The summed E-state index contributed by atoms with van der Waals surface area (Å²) < 4.78 is 1.15. The number of aromatic nitrogens is 1. The molecule has 0 aliphatic carbocycles.